The Labute approximate surface area is 112 Å². The maximum Gasteiger partial charge on any atom is 0.317 e. The summed E-state index contributed by atoms with van der Waals surface area (Å²) >= 11 is 0. The molecule has 2 amide bonds. The summed E-state index contributed by atoms with van der Waals surface area (Å²) in [7, 11) is 0. The molecule has 0 spiro atoms. The van der Waals surface area contributed by atoms with Gasteiger partial charge in [-0.3, -0.25) is 0 Å². The van der Waals surface area contributed by atoms with Gasteiger partial charge in [-0.1, -0.05) is 6.07 Å². The molecule has 0 radical (unpaired) electrons. The second-order valence-corrected chi connectivity index (χ2v) is 5.19. The SMILES string of the molecule is CC(NC(=O)N1CCCC1)c1ccc2[nH]ccc2c1. The maximum atomic E-state index is 12.1. The Morgan fingerprint density at radius 2 is 2.11 bits per heavy atom. The molecule has 4 nitrogen and oxygen atoms in total. The van der Waals surface area contributed by atoms with Crippen LogP contribution >= 0.6 is 0 Å². The summed E-state index contributed by atoms with van der Waals surface area (Å²) in [6.07, 6.45) is 4.18. The fourth-order valence-electron chi connectivity index (χ4n) is 2.62. The molecule has 1 fully saturated rings. The molecule has 1 unspecified atom stereocenters. The van der Waals surface area contributed by atoms with Gasteiger partial charge in [-0.2, -0.15) is 0 Å². The predicted octanol–water partition coefficient (Wildman–Crippen LogP) is 3.03. The third-order valence-corrected chi connectivity index (χ3v) is 3.81. The van der Waals surface area contributed by atoms with Gasteiger partial charge in [0.05, 0.1) is 6.04 Å². The van der Waals surface area contributed by atoms with Crippen LogP contribution < -0.4 is 5.32 Å². The third-order valence-electron chi connectivity index (χ3n) is 3.81. The van der Waals surface area contributed by atoms with Crippen LogP contribution in [0.5, 0.6) is 0 Å². The molecule has 1 aromatic carbocycles. The number of H-pyrrole nitrogens is 1. The van der Waals surface area contributed by atoms with E-state index in [1.54, 1.807) is 0 Å². The lowest BCUT2D eigenvalue weighted by Gasteiger charge is -2.20. The summed E-state index contributed by atoms with van der Waals surface area (Å²) in [5.41, 5.74) is 2.27. The number of aromatic amines is 1. The molecule has 1 saturated heterocycles. The lowest BCUT2D eigenvalue weighted by atomic mass is 10.1. The van der Waals surface area contributed by atoms with Gasteiger partial charge in [-0.05, 0) is 48.9 Å². The van der Waals surface area contributed by atoms with Crippen molar-refractivity contribution in [1.82, 2.24) is 15.2 Å². The summed E-state index contributed by atoms with van der Waals surface area (Å²) in [6, 6.07) is 8.39. The van der Waals surface area contributed by atoms with Crippen molar-refractivity contribution in [3.05, 3.63) is 36.0 Å². The summed E-state index contributed by atoms with van der Waals surface area (Å²) in [5.74, 6) is 0. The Morgan fingerprint density at radius 1 is 1.32 bits per heavy atom. The quantitative estimate of drug-likeness (QED) is 0.853. The van der Waals surface area contributed by atoms with Crippen LogP contribution in [0.3, 0.4) is 0 Å². The van der Waals surface area contributed by atoms with Crippen molar-refractivity contribution >= 4 is 16.9 Å². The Bertz CT molecular complexity index is 584. The van der Waals surface area contributed by atoms with Gasteiger partial charge < -0.3 is 15.2 Å². The number of nitrogens with zero attached hydrogens (tertiary/aromatic N) is 1. The monoisotopic (exact) mass is 257 g/mol. The number of urea groups is 1. The molecular formula is C15H19N3O. The molecule has 0 bridgehead atoms. The Morgan fingerprint density at radius 3 is 2.89 bits per heavy atom. The number of nitrogens with one attached hydrogen (secondary N) is 2. The minimum Gasteiger partial charge on any atom is -0.361 e. The molecule has 19 heavy (non-hydrogen) atoms. The highest BCUT2D eigenvalue weighted by molar-refractivity contribution is 5.80. The highest BCUT2D eigenvalue weighted by Gasteiger charge is 2.19. The van der Waals surface area contributed by atoms with Crippen LogP contribution in [0.2, 0.25) is 0 Å². The largest absolute Gasteiger partial charge is 0.361 e. The van der Waals surface area contributed by atoms with Gasteiger partial charge in [0, 0.05) is 24.8 Å². The first-order valence-electron chi connectivity index (χ1n) is 6.86. The Kier molecular flexibility index (Phi) is 3.15. The van der Waals surface area contributed by atoms with Crippen molar-refractivity contribution in [2.75, 3.05) is 13.1 Å². The third kappa shape index (κ3) is 2.43. The molecule has 4 heteroatoms. The molecule has 100 valence electrons. The molecule has 1 aliphatic rings. The molecule has 1 atom stereocenters. The van der Waals surface area contributed by atoms with E-state index in [2.05, 4.69) is 28.5 Å². The van der Waals surface area contributed by atoms with E-state index >= 15 is 0 Å². The molecule has 1 aliphatic heterocycles. The van der Waals surface area contributed by atoms with Gasteiger partial charge in [0.15, 0.2) is 0 Å². The van der Waals surface area contributed by atoms with E-state index in [4.69, 9.17) is 0 Å². The van der Waals surface area contributed by atoms with Gasteiger partial charge in [0.1, 0.15) is 0 Å². The zero-order valence-electron chi connectivity index (χ0n) is 11.1. The van der Waals surface area contributed by atoms with Crippen molar-refractivity contribution in [3.63, 3.8) is 0 Å². The zero-order valence-corrected chi connectivity index (χ0v) is 11.1. The highest BCUT2D eigenvalue weighted by atomic mass is 16.2. The summed E-state index contributed by atoms with van der Waals surface area (Å²) in [6.45, 7) is 3.80. The van der Waals surface area contributed by atoms with Crippen molar-refractivity contribution in [2.45, 2.75) is 25.8 Å². The van der Waals surface area contributed by atoms with Crippen LogP contribution in [-0.4, -0.2) is 29.0 Å². The topological polar surface area (TPSA) is 48.1 Å². The molecular weight excluding hydrogens is 238 g/mol. The number of amides is 2. The number of likely N-dealkylation sites (tertiary alicyclic amines) is 1. The minimum absolute atomic E-state index is 0.0346. The number of hydrogen-bond donors (Lipinski definition) is 2. The molecule has 0 aliphatic carbocycles. The van der Waals surface area contributed by atoms with E-state index in [0.717, 1.165) is 37.0 Å². The number of carbonyl (C=O) groups excluding carboxylic acids is 1. The van der Waals surface area contributed by atoms with E-state index in [9.17, 15) is 4.79 Å². The molecule has 2 heterocycles. The average molecular weight is 257 g/mol. The van der Waals surface area contributed by atoms with Crippen LogP contribution in [0, 0.1) is 0 Å². The summed E-state index contributed by atoms with van der Waals surface area (Å²) in [5, 5.41) is 4.25. The normalized spacial score (nSPS) is 16.8. The fourth-order valence-corrected chi connectivity index (χ4v) is 2.62. The van der Waals surface area contributed by atoms with Crippen LogP contribution in [0.4, 0.5) is 4.79 Å². The second kappa shape index (κ2) is 4.96. The highest BCUT2D eigenvalue weighted by Crippen LogP contribution is 2.20. The minimum atomic E-state index is 0.0346. The number of carbonyl (C=O) groups is 1. The summed E-state index contributed by atoms with van der Waals surface area (Å²) < 4.78 is 0. The van der Waals surface area contributed by atoms with Crippen LogP contribution in [-0.2, 0) is 0 Å². The van der Waals surface area contributed by atoms with Gasteiger partial charge >= 0.3 is 6.03 Å². The van der Waals surface area contributed by atoms with E-state index in [1.807, 2.05) is 24.1 Å². The maximum absolute atomic E-state index is 12.1. The lowest BCUT2D eigenvalue weighted by Crippen LogP contribution is -2.39. The first-order valence-corrected chi connectivity index (χ1v) is 6.86. The lowest BCUT2D eigenvalue weighted by molar-refractivity contribution is 0.205. The van der Waals surface area contributed by atoms with E-state index in [1.165, 1.54) is 5.39 Å². The van der Waals surface area contributed by atoms with Crippen LogP contribution in [0.1, 0.15) is 31.4 Å². The number of fused-ring (bicyclic) bond motifs is 1. The van der Waals surface area contributed by atoms with Gasteiger partial charge in [0.25, 0.3) is 0 Å². The van der Waals surface area contributed by atoms with E-state index in [0.29, 0.717) is 0 Å². The molecule has 2 aromatic rings. The van der Waals surface area contributed by atoms with Gasteiger partial charge in [-0.25, -0.2) is 4.79 Å². The Balaban J connectivity index is 1.71. The number of aromatic nitrogens is 1. The second-order valence-electron chi connectivity index (χ2n) is 5.19. The number of benzene rings is 1. The van der Waals surface area contributed by atoms with Gasteiger partial charge in [0.2, 0.25) is 0 Å². The average Bonchev–Trinajstić information content (AvgIpc) is 3.09. The Hall–Kier alpha value is -1.97. The molecule has 0 saturated carbocycles. The standard InChI is InChI=1S/C15H19N3O/c1-11(17-15(19)18-8-2-3-9-18)12-4-5-14-13(10-12)6-7-16-14/h4-7,10-11,16H,2-3,8-9H2,1H3,(H,17,19). The zero-order chi connectivity index (χ0) is 13.2. The molecule has 2 N–H and O–H groups in total. The first kappa shape index (κ1) is 12.1. The van der Waals surface area contributed by atoms with Crippen molar-refractivity contribution in [3.8, 4) is 0 Å². The summed E-state index contributed by atoms with van der Waals surface area (Å²) in [4.78, 5) is 17.1. The number of rotatable bonds is 2. The van der Waals surface area contributed by atoms with E-state index in [-0.39, 0.29) is 12.1 Å². The molecule has 1 aromatic heterocycles. The van der Waals surface area contributed by atoms with Crippen molar-refractivity contribution in [2.24, 2.45) is 0 Å². The van der Waals surface area contributed by atoms with E-state index < -0.39 is 0 Å². The van der Waals surface area contributed by atoms with Crippen LogP contribution in [0.25, 0.3) is 10.9 Å². The van der Waals surface area contributed by atoms with Crippen molar-refractivity contribution in [1.29, 1.82) is 0 Å². The van der Waals surface area contributed by atoms with Gasteiger partial charge in [-0.15, -0.1) is 0 Å². The predicted molar refractivity (Wildman–Crippen MR) is 76.1 cm³/mol. The number of hydrogen-bond acceptors (Lipinski definition) is 1. The first-order chi connectivity index (χ1) is 9.24. The van der Waals surface area contributed by atoms with Crippen LogP contribution in [0.15, 0.2) is 30.5 Å². The fraction of sp³-hybridized carbons (Fsp3) is 0.400. The molecule has 3 rings (SSSR count). The smallest absolute Gasteiger partial charge is 0.317 e. The van der Waals surface area contributed by atoms with Crippen molar-refractivity contribution < 1.29 is 4.79 Å².